The summed E-state index contributed by atoms with van der Waals surface area (Å²) in [5.41, 5.74) is 3.90. The molecular weight excluding hydrogens is 250 g/mol. The molecule has 1 atom stereocenters. The molecule has 0 amide bonds. The van der Waals surface area contributed by atoms with Gasteiger partial charge in [0.15, 0.2) is 0 Å². The van der Waals surface area contributed by atoms with Gasteiger partial charge in [-0.05, 0) is 6.42 Å². The molecule has 3 fully saturated rings. The standard InChI is InChI=1S/C15H23N5/c1-2-3-12-11-8-16-9-13(11)18-15(17-12)14-10-19-4-6-20(14)7-5-19/h14,16H,2-10H2,1H3. The van der Waals surface area contributed by atoms with Crippen LogP contribution in [0.2, 0.25) is 0 Å². The maximum Gasteiger partial charge on any atom is 0.147 e. The van der Waals surface area contributed by atoms with Crippen molar-refractivity contribution in [3.63, 3.8) is 0 Å². The predicted octanol–water partition coefficient (Wildman–Crippen LogP) is 0.705. The Morgan fingerprint density at radius 2 is 2.00 bits per heavy atom. The van der Waals surface area contributed by atoms with Gasteiger partial charge in [0.2, 0.25) is 0 Å². The highest BCUT2D eigenvalue weighted by molar-refractivity contribution is 5.30. The van der Waals surface area contributed by atoms with Crippen molar-refractivity contribution in [2.24, 2.45) is 0 Å². The highest BCUT2D eigenvalue weighted by Crippen LogP contribution is 2.29. The predicted molar refractivity (Wildman–Crippen MR) is 77.3 cm³/mol. The minimum absolute atomic E-state index is 0.416. The van der Waals surface area contributed by atoms with Crippen molar-refractivity contribution in [1.82, 2.24) is 25.1 Å². The third-order valence-corrected chi connectivity index (χ3v) is 4.85. The molecule has 3 saturated heterocycles. The Kier molecular flexibility index (Phi) is 3.21. The fourth-order valence-electron chi connectivity index (χ4n) is 3.71. The lowest BCUT2D eigenvalue weighted by atomic mass is 10.1. The molecule has 5 heterocycles. The number of nitrogens with one attached hydrogen (secondary N) is 1. The van der Waals surface area contributed by atoms with Crippen molar-refractivity contribution in [1.29, 1.82) is 0 Å². The van der Waals surface area contributed by atoms with Crippen LogP contribution in [0.1, 0.15) is 42.2 Å². The maximum atomic E-state index is 4.96. The maximum absolute atomic E-state index is 4.96. The van der Waals surface area contributed by atoms with E-state index in [0.29, 0.717) is 6.04 Å². The van der Waals surface area contributed by atoms with Crippen LogP contribution in [0.5, 0.6) is 0 Å². The number of piperazine rings is 3. The third kappa shape index (κ3) is 2.05. The first-order chi connectivity index (χ1) is 9.85. The zero-order valence-electron chi connectivity index (χ0n) is 12.2. The van der Waals surface area contributed by atoms with Crippen LogP contribution in [0.3, 0.4) is 0 Å². The van der Waals surface area contributed by atoms with Crippen LogP contribution in [0.15, 0.2) is 0 Å². The van der Waals surface area contributed by atoms with Gasteiger partial charge in [-0.3, -0.25) is 9.80 Å². The summed E-state index contributed by atoms with van der Waals surface area (Å²) in [5.74, 6) is 1.07. The van der Waals surface area contributed by atoms with Crippen LogP contribution in [0, 0.1) is 0 Å². The molecule has 2 bridgehead atoms. The molecule has 0 saturated carbocycles. The van der Waals surface area contributed by atoms with Crippen LogP contribution in [0.4, 0.5) is 0 Å². The summed E-state index contributed by atoms with van der Waals surface area (Å²) >= 11 is 0. The highest BCUT2D eigenvalue weighted by atomic mass is 15.4. The normalized spacial score (nSPS) is 31.6. The van der Waals surface area contributed by atoms with Crippen molar-refractivity contribution in [3.05, 3.63) is 22.8 Å². The highest BCUT2D eigenvalue weighted by Gasteiger charge is 2.35. The number of rotatable bonds is 3. The van der Waals surface area contributed by atoms with E-state index in [4.69, 9.17) is 9.97 Å². The van der Waals surface area contributed by atoms with E-state index in [1.807, 2.05) is 0 Å². The first-order valence-corrected chi connectivity index (χ1v) is 7.91. The van der Waals surface area contributed by atoms with Crippen molar-refractivity contribution in [3.8, 4) is 0 Å². The average Bonchev–Trinajstić information content (AvgIpc) is 2.97. The average molecular weight is 273 g/mol. The number of aromatic nitrogens is 2. The minimum atomic E-state index is 0.416. The van der Waals surface area contributed by atoms with E-state index in [1.54, 1.807) is 0 Å². The molecule has 5 nitrogen and oxygen atoms in total. The number of fused-ring (bicyclic) bond motifs is 4. The molecule has 4 aliphatic rings. The quantitative estimate of drug-likeness (QED) is 0.878. The van der Waals surface area contributed by atoms with E-state index in [1.165, 1.54) is 43.1 Å². The van der Waals surface area contributed by atoms with E-state index in [0.717, 1.165) is 38.3 Å². The first kappa shape index (κ1) is 12.7. The van der Waals surface area contributed by atoms with Crippen LogP contribution in [0.25, 0.3) is 0 Å². The zero-order valence-corrected chi connectivity index (χ0v) is 12.2. The molecule has 1 aromatic rings. The van der Waals surface area contributed by atoms with Gasteiger partial charge in [-0.15, -0.1) is 0 Å². The Morgan fingerprint density at radius 1 is 1.15 bits per heavy atom. The van der Waals surface area contributed by atoms with E-state index >= 15 is 0 Å². The minimum Gasteiger partial charge on any atom is -0.307 e. The molecule has 1 unspecified atom stereocenters. The summed E-state index contributed by atoms with van der Waals surface area (Å²) in [7, 11) is 0. The van der Waals surface area contributed by atoms with E-state index in [9.17, 15) is 0 Å². The van der Waals surface area contributed by atoms with Gasteiger partial charge in [-0.2, -0.15) is 0 Å². The number of hydrogen-bond donors (Lipinski definition) is 1. The van der Waals surface area contributed by atoms with Gasteiger partial charge in [-0.25, -0.2) is 9.97 Å². The molecular formula is C15H23N5. The van der Waals surface area contributed by atoms with Gasteiger partial charge < -0.3 is 5.32 Å². The van der Waals surface area contributed by atoms with Gasteiger partial charge in [0.25, 0.3) is 0 Å². The third-order valence-electron chi connectivity index (χ3n) is 4.85. The van der Waals surface area contributed by atoms with Crippen LogP contribution < -0.4 is 5.32 Å². The van der Waals surface area contributed by atoms with Crippen LogP contribution >= 0.6 is 0 Å². The zero-order chi connectivity index (χ0) is 13.5. The fraction of sp³-hybridized carbons (Fsp3) is 0.733. The second-order valence-electron chi connectivity index (χ2n) is 6.16. The fourth-order valence-corrected chi connectivity index (χ4v) is 3.71. The topological polar surface area (TPSA) is 44.3 Å². The van der Waals surface area contributed by atoms with Crippen molar-refractivity contribution in [2.45, 2.75) is 38.9 Å². The smallest absolute Gasteiger partial charge is 0.147 e. The molecule has 0 aromatic carbocycles. The molecule has 5 rings (SSSR count). The number of nitrogens with zero attached hydrogens (tertiary/aromatic N) is 4. The Labute approximate surface area is 120 Å². The number of aryl methyl sites for hydroxylation is 1. The number of hydrogen-bond acceptors (Lipinski definition) is 5. The molecule has 1 N–H and O–H groups in total. The molecule has 0 radical (unpaired) electrons. The summed E-state index contributed by atoms with van der Waals surface area (Å²) in [6.45, 7) is 9.98. The lowest BCUT2D eigenvalue weighted by Crippen LogP contribution is -2.57. The van der Waals surface area contributed by atoms with Gasteiger partial charge in [0.1, 0.15) is 5.82 Å². The molecule has 20 heavy (non-hydrogen) atoms. The lowest BCUT2D eigenvalue weighted by molar-refractivity contribution is 0.00847. The molecule has 108 valence electrons. The monoisotopic (exact) mass is 273 g/mol. The largest absolute Gasteiger partial charge is 0.307 e. The summed E-state index contributed by atoms with van der Waals surface area (Å²) in [4.78, 5) is 15.0. The van der Waals surface area contributed by atoms with Gasteiger partial charge in [-0.1, -0.05) is 13.3 Å². The second kappa shape index (κ2) is 5.06. The molecule has 1 aromatic heterocycles. The van der Waals surface area contributed by atoms with E-state index in [2.05, 4.69) is 22.0 Å². The van der Waals surface area contributed by atoms with Crippen LogP contribution in [-0.2, 0) is 19.5 Å². The van der Waals surface area contributed by atoms with E-state index < -0.39 is 0 Å². The summed E-state index contributed by atoms with van der Waals surface area (Å²) in [5, 5.41) is 3.42. The SMILES string of the molecule is CCCc1nc(C2CN3CCN2CC3)nc2c1CNC2. The van der Waals surface area contributed by atoms with Crippen molar-refractivity contribution >= 4 is 0 Å². The Balaban J connectivity index is 1.69. The first-order valence-electron chi connectivity index (χ1n) is 7.91. The van der Waals surface area contributed by atoms with Crippen molar-refractivity contribution < 1.29 is 0 Å². The lowest BCUT2D eigenvalue weighted by Gasteiger charge is -2.46. The van der Waals surface area contributed by atoms with E-state index in [-0.39, 0.29) is 0 Å². The molecule has 0 spiro atoms. The Hall–Kier alpha value is -1.04. The molecule has 4 aliphatic heterocycles. The summed E-state index contributed by atoms with van der Waals surface area (Å²) in [6, 6.07) is 0.416. The van der Waals surface area contributed by atoms with Crippen LogP contribution in [-0.4, -0.2) is 52.5 Å². The Bertz CT molecular complexity index is 507. The summed E-state index contributed by atoms with van der Waals surface area (Å²) in [6.07, 6.45) is 2.24. The molecule has 5 heteroatoms. The summed E-state index contributed by atoms with van der Waals surface area (Å²) < 4.78 is 0. The van der Waals surface area contributed by atoms with Gasteiger partial charge in [0, 0.05) is 57.1 Å². The second-order valence-corrected chi connectivity index (χ2v) is 6.16. The van der Waals surface area contributed by atoms with Crippen molar-refractivity contribution in [2.75, 3.05) is 32.7 Å². The van der Waals surface area contributed by atoms with Gasteiger partial charge >= 0.3 is 0 Å². The molecule has 0 aliphatic carbocycles. The Morgan fingerprint density at radius 3 is 2.70 bits per heavy atom. The van der Waals surface area contributed by atoms with Gasteiger partial charge in [0.05, 0.1) is 11.7 Å².